The second-order valence-corrected chi connectivity index (χ2v) is 9.13. The molecule has 2 aliphatic carbocycles. The summed E-state index contributed by atoms with van der Waals surface area (Å²) < 4.78 is 0. The lowest BCUT2D eigenvalue weighted by molar-refractivity contribution is -0.120. The van der Waals surface area contributed by atoms with Crippen LogP contribution in [0.2, 0.25) is 0 Å². The Bertz CT molecular complexity index is 544. The Hall–Kier alpha value is -0.930. The maximum atomic E-state index is 10.2. The molecule has 0 radical (unpaired) electrons. The van der Waals surface area contributed by atoms with E-state index in [1.54, 1.807) is 0 Å². The largest absolute Gasteiger partial charge is 0.396 e. The van der Waals surface area contributed by atoms with Gasteiger partial charge in [0, 0.05) is 31.6 Å². The molecule has 0 amide bonds. The van der Waals surface area contributed by atoms with Gasteiger partial charge in [-0.1, -0.05) is 40.2 Å². The van der Waals surface area contributed by atoms with E-state index in [4.69, 9.17) is 0 Å². The van der Waals surface area contributed by atoms with Crippen LogP contribution in [0.1, 0.15) is 58.9 Å². The summed E-state index contributed by atoms with van der Waals surface area (Å²) in [5.74, 6) is 1.57. The molecule has 134 valence electrons. The molecule has 2 N–H and O–H groups in total. The molecule has 0 aliphatic heterocycles. The molecule has 1 unspecified atom stereocenters. The molecule has 0 bridgehead atoms. The van der Waals surface area contributed by atoms with E-state index in [1.165, 1.54) is 31.2 Å². The maximum absolute atomic E-state index is 10.2. The minimum atomic E-state index is 0.280. The highest BCUT2D eigenvalue weighted by molar-refractivity contribution is 5.10. The molecule has 1 heterocycles. The Kier molecular flexibility index (Phi) is 5.04. The van der Waals surface area contributed by atoms with Crippen molar-refractivity contribution in [1.29, 1.82) is 0 Å². The average molecular weight is 331 g/mol. The first-order chi connectivity index (χ1) is 11.4. The van der Waals surface area contributed by atoms with Crippen molar-refractivity contribution in [3.63, 3.8) is 0 Å². The van der Waals surface area contributed by atoms with Gasteiger partial charge in [0.15, 0.2) is 0 Å². The van der Waals surface area contributed by atoms with E-state index in [2.05, 4.69) is 44.1 Å². The molecule has 1 aromatic heterocycles. The van der Waals surface area contributed by atoms with Gasteiger partial charge >= 0.3 is 0 Å². The summed E-state index contributed by atoms with van der Waals surface area (Å²) in [6.07, 6.45) is 8.88. The molecule has 3 nitrogen and oxygen atoms in total. The molecule has 5 atom stereocenters. The van der Waals surface area contributed by atoms with Gasteiger partial charge in [-0.15, -0.1) is 0 Å². The molecular weight excluding hydrogens is 296 g/mol. The third-order valence-corrected chi connectivity index (χ3v) is 7.37. The quantitative estimate of drug-likeness (QED) is 0.876. The third kappa shape index (κ3) is 3.13. The zero-order valence-electron chi connectivity index (χ0n) is 15.8. The Morgan fingerprint density at radius 2 is 2.08 bits per heavy atom. The molecule has 3 rings (SSSR count). The standard InChI is InChI=1S/C21H34N2O/c1-15-17(14-24)21(4)9-6-8-20(2,3)19(21)11-18(15)23-13-16-7-5-10-22-12-16/h5,7,10,12,15,17-19,23-24H,6,8-9,11,13-14H2,1-4H3/t15-,17-,18+,19?,21+/m0/s1. The molecular formula is C21H34N2O. The summed E-state index contributed by atoms with van der Waals surface area (Å²) in [5.41, 5.74) is 1.89. The van der Waals surface area contributed by atoms with Crippen LogP contribution >= 0.6 is 0 Å². The summed E-state index contributed by atoms with van der Waals surface area (Å²) in [5, 5.41) is 14.0. The minimum absolute atomic E-state index is 0.280. The first kappa shape index (κ1) is 17.9. The van der Waals surface area contributed by atoms with Crippen molar-refractivity contribution in [2.24, 2.45) is 28.6 Å². The van der Waals surface area contributed by atoms with E-state index in [0.29, 0.717) is 35.8 Å². The van der Waals surface area contributed by atoms with Crippen molar-refractivity contribution < 1.29 is 5.11 Å². The van der Waals surface area contributed by atoms with Crippen molar-refractivity contribution >= 4 is 0 Å². The average Bonchev–Trinajstić information content (AvgIpc) is 2.54. The second kappa shape index (κ2) is 6.76. The summed E-state index contributed by atoms with van der Waals surface area (Å²) in [4.78, 5) is 4.22. The maximum Gasteiger partial charge on any atom is 0.0467 e. The van der Waals surface area contributed by atoms with Gasteiger partial charge in [0.2, 0.25) is 0 Å². The van der Waals surface area contributed by atoms with E-state index in [9.17, 15) is 5.11 Å². The third-order valence-electron chi connectivity index (χ3n) is 7.37. The van der Waals surface area contributed by atoms with E-state index in [0.717, 1.165) is 6.54 Å². The van der Waals surface area contributed by atoms with Gasteiger partial charge in [-0.05, 0) is 59.5 Å². The summed E-state index contributed by atoms with van der Waals surface area (Å²) >= 11 is 0. The highest BCUT2D eigenvalue weighted by Crippen LogP contribution is 2.60. The van der Waals surface area contributed by atoms with Gasteiger partial charge in [-0.25, -0.2) is 0 Å². The zero-order chi connectivity index (χ0) is 17.4. The highest BCUT2D eigenvalue weighted by atomic mass is 16.3. The molecule has 2 aliphatic rings. The Balaban J connectivity index is 1.79. The molecule has 2 saturated carbocycles. The normalized spacial score (nSPS) is 38.5. The van der Waals surface area contributed by atoms with Crippen LogP contribution in [0.25, 0.3) is 0 Å². The van der Waals surface area contributed by atoms with E-state index < -0.39 is 0 Å². The number of pyridine rings is 1. The lowest BCUT2D eigenvalue weighted by Gasteiger charge is -2.60. The van der Waals surface area contributed by atoms with Crippen LogP contribution in [0.15, 0.2) is 24.5 Å². The lowest BCUT2D eigenvalue weighted by Crippen LogP contribution is -2.58. The smallest absolute Gasteiger partial charge is 0.0467 e. The van der Waals surface area contributed by atoms with Crippen molar-refractivity contribution in [1.82, 2.24) is 10.3 Å². The highest BCUT2D eigenvalue weighted by Gasteiger charge is 2.55. The number of aliphatic hydroxyl groups is 1. The predicted molar refractivity (Wildman–Crippen MR) is 98.5 cm³/mol. The number of aromatic nitrogens is 1. The van der Waals surface area contributed by atoms with Crippen LogP contribution in [0.3, 0.4) is 0 Å². The van der Waals surface area contributed by atoms with E-state index in [1.807, 2.05) is 18.5 Å². The summed E-state index contributed by atoms with van der Waals surface area (Å²) in [7, 11) is 0. The van der Waals surface area contributed by atoms with Crippen molar-refractivity contribution in [2.45, 2.75) is 66.0 Å². The Labute approximate surface area is 147 Å². The monoisotopic (exact) mass is 330 g/mol. The molecule has 24 heavy (non-hydrogen) atoms. The number of nitrogens with one attached hydrogen (secondary N) is 1. The van der Waals surface area contributed by atoms with Crippen LogP contribution in [0, 0.1) is 28.6 Å². The zero-order valence-corrected chi connectivity index (χ0v) is 15.8. The van der Waals surface area contributed by atoms with E-state index in [-0.39, 0.29) is 5.41 Å². The van der Waals surface area contributed by atoms with Gasteiger partial charge in [0.05, 0.1) is 0 Å². The van der Waals surface area contributed by atoms with Crippen molar-refractivity contribution in [2.75, 3.05) is 6.61 Å². The van der Waals surface area contributed by atoms with Crippen LogP contribution in [-0.2, 0) is 6.54 Å². The fourth-order valence-corrected chi connectivity index (χ4v) is 5.94. The topological polar surface area (TPSA) is 45.2 Å². The fraction of sp³-hybridized carbons (Fsp3) is 0.762. The van der Waals surface area contributed by atoms with Gasteiger partial charge in [0.1, 0.15) is 0 Å². The minimum Gasteiger partial charge on any atom is -0.396 e. The SMILES string of the molecule is C[C@@H]1[C@H](NCc2cccnc2)CC2C(C)(C)CCC[C@]2(C)[C@H]1CO. The van der Waals surface area contributed by atoms with Crippen molar-refractivity contribution in [3.8, 4) is 0 Å². The van der Waals surface area contributed by atoms with Crippen LogP contribution in [-0.4, -0.2) is 22.7 Å². The molecule has 0 spiro atoms. The number of aliphatic hydroxyl groups excluding tert-OH is 1. The lowest BCUT2D eigenvalue weighted by atomic mass is 9.46. The number of fused-ring (bicyclic) bond motifs is 1. The molecule has 3 heteroatoms. The summed E-state index contributed by atoms with van der Waals surface area (Å²) in [6, 6.07) is 4.60. The molecule has 1 aromatic rings. The number of rotatable bonds is 4. The molecule has 0 aromatic carbocycles. The number of nitrogens with zero attached hydrogens (tertiary/aromatic N) is 1. The molecule has 0 saturated heterocycles. The van der Waals surface area contributed by atoms with Crippen LogP contribution < -0.4 is 5.32 Å². The van der Waals surface area contributed by atoms with Gasteiger partial charge in [-0.2, -0.15) is 0 Å². The number of hydrogen-bond acceptors (Lipinski definition) is 3. The Morgan fingerprint density at radius 1 is 1.29 bits per heavy atom. The van der Waals surface area contributed by atoms with E-state index >= 15 is 0 Å². The number of hydrogen-bond donors (Lipinski definition) is 2. The predicted octanol–water partition coefficient (Wildman–Crippen LogP) is 4.02. The van der Waals surface area contributed by atoms with Gasteiger partial charge in [0.25, 0.3) is 0 Å². The van der Waals surface area contributed by atoms with Crippen LogP contribution in [0.5, 0.6) is 0 Å². The van der Waals surface area contributed by atoms with Gasteiger partial charge < -0.3 is 10.4 Å². The second-order valence-electron chi connectivity index (χ2n) is 9.13. The first-order valence-electron chi connectivity index (χ1n) is 9.61. The Morgan fingerprint density at radius 3 is 2.75 bits per heavy atom. The van der Waals surface area contributed by atoms with Crippen molar-refractivity contribution in [3.05, 3.63) is 30.1 Å². The fourth-order valence-electron chi connectivity index (χ4n) is 5.94. The first-order valence-corrected chi connectivity index (χ1v) is 9.61. The molecule has 2 fully saturated rings. The van der Waals surface area contributed by atoms with Crippen LogP contribution in [0.4, 0.5) is 0 Å². The van der Waals surface area contributed by atoms with Gasteiger partial charge in [-0.3, -0.25) is 4.98 Å². The summed E-state index contributed by atoms with van der Waals surface area (Å²) in [6.45, 7) is 10.9.